The van der Waals surface area contributed by atoms with Crippen molar-refractivity contribution in [2.45, 2.75) is 39.3 Å². The van der Waals surface area contributed by atoms with Crippen molar-refractivity contribution in [2.24, 2.45) is 5.73 Å². The van der Waals surface area contributed by atoms with E-state index in [9.17, 15) is 0 Å². The molecule has 1 aromatic rings. The molecule has 0 aromatic carbocycles. The van der Waals surface area contributed by atoms with Gasteiger partial charge in [0.1, 0.15) is 5.01 Å². The Morgan fingerprint density at radius 2 is 2.43 bits per heavy atom. The molecule has 0 radical (unpaired) electrons. The van der Waals surface area contributed by atoms with Crippen LogP contribution in [0.3, 0.4) is 0 Å². The Labute approximate surface area is 89.7 Å². The molecule has 0 saturated carbocycles. The van der Waals surface area contributed by atoms with E-state index < -0.39 is 0 Å². The van der Waals surface area contributed by atoms with Crippen LogP contribution in [-0.4, -0.2) is 17.6 Å². The van der Waals surface area contributed by atoms with Crippen LogP contribution in [0.2, 0.25) is 0 Å². The second-order valence-electron chi connectivity index (χ2n) is 3.68. The SMILES string of the molecule is Cc1csc(CNCCCC(C)N)n1. The molecule has 1 rings (SSSR count). The van der Waals surface area contributed by atoms with E-state index in [4.69, 9.17) is 5.73 Å². The minimum Gasteiger partial charge on any atom is -0.328 e. The van der Waals surface area contributed by atoms with Gasteiger partial charge in [-0.25, -0.2) is 4.98 Å². The molecule has 3 N–H and O–H groups in total. The van der Waals surface area contributed by atoms with Crippen molar-refractivity contribution >= 4 is 11.3 Å². The monoisotopic (exact) mass is 213 g/mol. The summed E-state index contributed by atoms with van der Waals surface area (Å²) in [4.78, 5) is 4.37. The lowest BCUT2D eigenvalue weighted by atomic mass is 10.2. The van der Waals surface area contributed by atoms with Crippen molar-refractivity contribution in [1.82, 2.24) is 10.3 Å². The van der Waals surface area contributed by atoms with Crippen LogP contribution >= 0.6 is 11.3 Å². The molecule has 1 heterocycles. The summed E-state index contributed by atoms with van der Waals surface area (Å²) in [5.74, 6) is 0. The molecule has 1 aromatic heterocycles. The Kier molecular flexibility index (Phi) is 5.07. The number of nitrogens with zero attached hydrogens (tertiary/aromatic N) is 1. The highest BCUT2D eigenvalue weighted by Gasteiger charge is 1.98. The zero-order chi connectivity index (χ0) is 10.4. The van der Waals surface area contributed by atoms with Gasteiger partial charge in [0.05, 0.1) is 0 Å². The van der Waals surface area contributed by atoms with Crippen molar-refractivity contribution in [1.29, 1.82) is 0 Å². The first-order valence-electron chi connectivity index (χ1n) is 5.06. The lowest BCUT2D eigenvalue weighted by molar-refractivity contribution is 0.574. The number of nitrogens with two attached hydrogens (primary N) is 1. The zero-order valence-electron chi connectivity index (χ0n) is 8.92. The summed E-state index contributed by atoms with van der Waals surface area (Å²) < 4.78 is 0. The topological polar surface area (TPSA) is 50.9 Å². The van der Waals surface area contributed by atoms with E-state index in [-0.39, 0.29) is 0 Å². The lowest BCUT2D eigenvalue weighted by Crippen LogP contribution is -2.19. The summed E-state index contributed by atoms with van der Waals surface area (Å²) in [6.07, 6.45) is 2.23. The molecule has 0 amide bonds. The number of aryl methyl sites for hydroxylation is 1. The van der Waals surface area contributed by atoms with Gasteiger partial charge in [-0.05, 0) is 33.2 Å². The van der Waals surface area contributed by atoms with E-state index in [0.717, 1.165) is 31.6 Å². The Bertz CT molecular complexity index is 258. The molecule has 4 heteroatoms. The lowest BCUT2D eigenvalue weighted by Gasteiger charge is -2.04. The van der Waals surface area contributed by atoms with E-state index in [1.165, 1.54) is 5.01 Å². The van der Waals surface area contributed by atoms with E-state index in [0.29, 0.717) is 6.04 Å². The molecule has 80 valence electrons. The fourth-order valence-corrected chi connectivity index (χ4v) is 1.97. The van der Waals surface area contributed by atoms with Crippen molar-refractivity contribution in [3.05, 3.63) is 16.1 Å². The van der Waals surface area contributed by atoms with Crippen LogP contribution in [0.25, 0.3) is 0 Å². The van der Waals surface area contributed by atoms with E-state index >= 15 is 0 Å². The largest absolute Gasteiger partial charge is 0.328 e. The first-order chi connectivity index (χ1) is 6.68. The minimum absolute atomic E-state index is 0.318. The van der Waals surface area contributed by atoms with E-state index in [1.807, 2.05) is 13.8 Å². The molecule has 0 aliphatic heterocycles. The summed E-state index contributed by atoms with van der Waals surface area (Å²) in [7, 11) is 0. The Morgan fingerprint density at radius 3 is 3.00 bits per heavy atom. The van der Waals surface area contributed by atoms with Crippen LogP contribution in [0, 0.1) is 6.92 Å². The second-order valence-corrected chi connectivity index (χ2v) is 4.62. The van der Waals surface area contributed by atoms with Gasteiger partial charge in [0, 0.05) is 23.7 Å². The maximum atomic E-state index is 5.65. The molecule has 1 unspecified atom stereocenters. The molecule has 3 nitrogen and oxygen atoms in total. The Morgan fingerprint density at radius 1 is 1.64 bits per heavy atom. The molecule has 14 heavy (non-hydrogen) atoms. The second kappa shape index (κ2) is 6.11. The average molecular weight is 213 g/mol. The first kappa shape index (κ1) is 11.6. The average Bonchev–Trinajstić information content (AvgIpc) is 2.50. The maximum absolute atomic E-state index is 5.65. The molecule has 0 aliphatic rings. The highest BCUT2D eigenvalue weighted by atomic mass is 32.1. The van der Waals surface area contributed by atoms with Crippen molar-refractivity contribution in [2.75, 3.05) is 6.54 Å². The molecule has 0 saturated heterocycles. The minimum atomic E-state index is 0.318. The van der Waals surface area contributed by atoms with Gasteiger partial charge in [0.25, 0.3) is 0 Å². The van der Waals surface area contributed by atoms with E-state index in [1.54, 1.807) is 11.3 Å². The quantitative estimate of drug-likeness (QED) is 0.707. The normalized spacial score (nSPS) is 13.1. The first-order valence-corrected chi connectivity index (χ1v) is 5.93. The predicted octanol–water partition coefficient (Wildman–Crippen LogP) is 1.67. The van der Waals surface area contributed by atoms with Crippen LogP contribution in [0.5, 0.6) is 0 Å². The Balaban J connectivity index is 2.04. The fourth-order valence-electron chi connectivity index (χ4n) is 1.23. The van der Waals surface area contributed by atoms with Gasteiger partial charge in [0.15, 0.2) is 0 Å². The van der Waals surface area contributed by atoms with Crippen LogP contribution in [0.15, 0.2) is 5.38 Å². The number of thiazole rings is 1. The van der Waals surface area contributed by atoms with Crippen LogP contribution < -0.4 is 11.1 Å². The molecular weight excluding hydrogens is 194 g/mol. The third-order valence-electron chi connectivity index (χ3n) is 1.96. The van der Waals surface area contributed by atoms with Crippen molar-refractivity contribution in [3.63, 3.8) is 0 Å². The van der Waals surface area contributed by atoms with Gasteiger partial charge in [-0.15, -0.1) is 11.3 Å². The van der Waals surface area contributed by atoms with Crippen LogP contribution in [0.1, 0.15) is 30.5 Å². The third-order valence-corrected chi connectivity index (χ3v) is 2.92. The third kappa shape index (κ3) is 4.69. The standard InChI is InChI=1S/C10H19N3S/c1-8(11)4-3-5-12-6-10-13-9(2)7-14-10/h7-8,12H,3-6,11H2,1-2H3. The molecule has 0 bridgehead atoms. The van der Waals surface area contributed by atoms with Crippen molar-refractivity contribution < 1.29 is 0 Å². The molecular formula is C10H19N3S. The van der Waals surface area contributed by atoms with Crippen LogP contribution in [-0.2, 0) is 6.54 Å². The zero-order valence-corrected chi connectivity index (χ0v) is 9.73. The number of aromatic nitrogens is 1. The van der Waals surface area contributed by atoms with Gasteiger partial charge in [-0.3, -0.25) is 0 Å². The highest BCUT2D eigenvalue weighted by Crippen LogP contribution is 2.07. The summed E-state index contributed by atoms with van der Waals surface area (Å²) in [6, 6.07) is 0.318. The van der Waals surface area contributed by atoms with Crippen LogP contribution in [0.4, 0.5) is 0 Å². The predicted molar refractivity (Wildman–Crippen MR) is 61.4 cm³/mol. The van der Waals surface area contributed by atoms with E-state index in [2.05, 4.69) is 15.7 Å². The molecule has 0 spiro atoms. The number of rotatable bonds is 6. The number of nitrogens with one attached hydrogen (secondary N) is 1. The van der Waals surface area contributed by atoms with Gasteiger partial charge in [-0.1, -0.05) is 0 Å². The highest BCUT2D eigenvalue weighted by molar-refractivity contribution is 7.09. The summed E-state index contributed by atoms with van der Waals surface area (Å²) in [6.45, 7) is 5.98. The van der Waals surface area contributed by atoms with Gasteiger partial charge >= 0.3 is 0 Å². The smallest absolute Gasteiger partial charge is 0.107 e. The van der Waals surface area contributed by atoms with Gasteiger partial charge in [0.2, 0.25) is 0 Å². The maximum Gasteiger partial charge on any atom is 0.107 e. The van der Waals surface area contributed by atoms with Gasteiger partial charge < -0.3 is 11.1 Å². The molecule has 0 aliphatic carbocycles. The number of hydrogen-bond acceptors (Lipinski definition) is 4. The van der Waals surface area contributed by atoms with Gasteiger partial charge in [-0.2, -0.15) is 0 Å². The molecule has 0 fully saturated rings. The Hall–Kier alpha value is -0.450. The summed E-state index contributed by atoms with van der Waals surface area (Å²) >= 11 is 1.72. The van der Waals surface area contributed by atoms with Crippen molar-refractivity contribution in [3.8, 4) is 0 Å². The number of hydrogen-bond donors (Lipinski definition) is 2. The summed E-state index contributed by atoms with van der Waals surface area (Å²) in [5, 5.41) is 6.61. The molecule has 1 atom stereocenters. The fraction of sp³-hybridized carbons (Fsp3) is 0.700. The summed E-state index contributed by atoms with van der Waals surface area (Å²) in [5.41, 5.74) is 6.76.